The quantitative estimate of drug-likeness (QED) is 0.273. The Morgan fingerprint density at radius 2 is 1.89 bits per heavy atom. The topological polar surface area (TPSA) is 87.2 Å². The second kappa shape index (κ2) is 10.5. The molecule has 1 aliphatic heterocycles. The highest BCUT2D eigenvalue weighted by Gasteiger charge is 2.22. The van der Waals surface area contributed by atoms with Crippen molar-refractivity contribution in [2.24, 2.45) is 5.41 Å². The molecule has 0 amide bonds. The third-order valence-electron chi connectivity index (χ3n) is 6.17. The molecule has 0 saturated carbocycles. The molecule has 2 aromatic heterocycles. The highest BCUT2D eigenvalue weighted by Crippen LogP contribution is 2.42. The summed E-state index contributed by atoms with van der Waals surface area (Å²) < 4.78 is 13.6. The van der Waals surface area contributed by atoms with Crippen molar-refractivity contribution in [1.82, 2.24) is 19.9 Å². The van der Waals surface area contributed by atoms with Crippen molar-refractivity contribution >= 4 is 34.2 Å². The number of nitrogens with zero attached hydrogens (tertiary/aromatic N) is 3. The van der Waals surface area contributed by atoms with Gasteiger partial charge in [0.25, 0.3) is 0 Å². The molecule has 0 aliphatic carbocycles. The maximum absolute atomic E-state index is 6.22. The summed E-state index contributed by atoms with van der Waals surface area (Å²) >= 11 is 1.61. The van der Waals surface area contributed by atoms with Crippen LogP contribution in [0.1, 0.15) is 31.9 Å². The van der Waals surface area contributed by atoms with E-state index in [1.165, 1.54) is 0 Å². The minimum atomic E-state index is 0.214. The monoisotopic (exact) mass is 515 g/mol. The highest BCUT2D eigenvalue weighted by atomic mass is 32.2. The molecule has 8 heteroatoms. The van der Waals surface area contributed by atoms with Gasteiger partial charge in [0.2, 0.25) is 6.79 Å². The van der Waals surface area contributed by atoms with Crippen LogP contribution in [0.4, 0.5) is 5.82 Å². The molecule has 0 spiro atoms. The first-order valence-electron chi connectivity index (χ1n) is 12.4. The van der Waals surface area contributed by atoms with E-state index in [2.05, 4.69) is 60.4 Å². The lowest BCUT2D eigenvalue weighted by molar-refractivity contribution is 0.174. The van der Waals surface area contributed by atoms with Crippen LogP contribution in [0.25, 0.3) is 16.6 Å². The minimum absolute atomic E-state index is 0.214. The first-order valence-corrected chi connectivity index (χ1v) is 13.3. The molecular weight excluding hydrogens is 482 g/mol. The van der Waals surface area contributed by atoms with Crippen molar-refractivity contribution in [3.63, 3.8) is 0 Å². The molecule has 1 aliphatic rings. The molecule has 4 aromatic rings. The van der Waals surface area contributed by atoms with Crippen LogP contribution in [-0.2, 0) is 13.0 Å². The van der Waals surface area contributed by atoms with Gasteiger partial charge in [-0.2, -0.15) is 0 Å². The number of hydrogen-bond donors (Lipinski definition) is 2. The van der Waals surface area contributed by atoms with Crippen molar-refractivity contribution in [2.45, 2.75) is 43.8 Å². The van der Waals surface area contributed by atoms with E-state index in [4.69, 9.17) is 20.2 Å². The zero-order valence-corrected chi connectivity index (χ0v) is 22.4. The predicted octanol–water partition coefficient (Wildman–Crippen LogP) is 5.79. The van der Waals surface area contributed by atoms with Crippen molar-refractivity contribution < 1.29 is 9.47 Å². The number of pyridine rings is 1. The molecule has 0 bridgehead atoms. The second-order valence-corrected chi connectivity index (χ2v) is 11.4. The first-order chi connectivity index (χ1) is 17.8. The van der Waals surface area contributed by atoms with Crippen molar-refractivity contribution in [3.05, 3.63) is 72.4 Å². The van der Waals surface area contributed by atoms with Crippen LogP contribution in [0.5, 0.6) is 11.5 Å². The molecule has 0 atom stereocenters. The fourth-order valence-corrected chi connectivity index (χ4v) is 5.36. The summed E-state index contributed by atoms with van der Waals surface area (Å²) in [4.78, 5) is 10.2. The Morgan fingerprint density at radius 1 is 1.14 bits per heavy atom. The van der Waals surface area contributed by atoms with Crippen molar-refractivity contribution in [2.75, 3.05) is 25.6 Å². The van der Waals surface area contributed by atoms with Gasteiger partial charge in [-0.3, -0.25) is 0 Å². The van der Waals surface area contributed by atoms with E-state index in [-0.39, 0.29) is 12.2 Å². The fraction of sp³-hybridized carbons (Fsp3) is 0.310. The number of hydrogen-bond acceptors (Lipinski definition) is 7. The fourth-order valence-electron chi connectivity index (χ4n) is 4.30. The number of anilines is 1. The molecule has 192 valence electrons. The third kappa shape index (κ3) is 5.76. The number of nitrogens with one attached hydrogen (secondary N) is 1. The molecule has 0 radical (unpaired) electrons. The molecule has 0 unspecified atom stereocenters. The maximum Gasteiger partial charge on any atom is 0.231 e. The number of allylic oxidation sites excluding steroid dienone is 1. The number of nitrogen functional groups attached to an aromatic ring is 1. The largest absolute Gasteiger partial charge is 0.454 e. The Kier molecular flexibility index (Phi) is 7.13. The molecule has 5 rings (SSSR count). The van der Waals surface area contributed by atoms with Gasteiger partial charge in [-0.1, -0.05) is 69.4 Å². The van der Waals surface area contributed by atoms with Gasteiger partial charge in [0, 0.05) is 30.7 Å². The zero-order chi connectivity index (χ0) is 26.0. The van der Waals surface area contributed by atoms with Crippen LogP contribution in [0, 0.1) is 5.41 Å². The molecule has 3 N–H and O–H groups in total. The summed E-state index contributed by atoms with van der Waals surface area (Å²) in [5, 5.41) is 4.43. The van der Waals surface area contributed by atoms with Gasteiger partial charge in [-0.05, 0) is 46.7 Å². The van der Waals surface area contributed by atoms with Gasteiger partial charge in [0.1, 0.15) is 5.52 Å². The van der Waals surface area contributed by atoms with Crippen LogP contribution >= 0.6 is 11.8 Å². The van der Waals surface area contributed by atoms with E-state index in [1.807, 2.05) is 30.3 Å². The zero-order valence-electron chi connectivity index (χ0n) is 21.6. The lowest BCUT2D eigenvalue weighted by Crippen LogP contribution is -2.29. The Balaban J connectivity index is 1.48. The van der Waals surface area contributed by atoms with Crippen molar-refractivity contribution in [1.29, 1.82) is 0 Å². The van der Waals surface area contributed by atoms with E-state index >= 15 is 0 Å². The Hall–Kier alpha value is -3.49. The number of aromatic nitrogens is 3. The Bertz CT molecular complexity index is 1430. The van der Waals surface area contributed by atoms with Gasteiger partial charge >= 0.3 is 0 Å². The standard InChI is InChI=1S/C29H33N5O2S/c1-19(20-8-6-5-7-9-20)14-21-15-23-24(36-18-35-23)16-25(21)37-28-33-26-22(10-11-32-27(26)30)34(28)13-12-31-17-29(2,3)4/h5-11,15-16,31H,1,12-14,17-18H2,2-4H3,(H2,30,32). The molecule has 2 aromatic carbocycles. The Morgan fingerprint density at radius 3 is 2.65 bits per heavy atom. The number of ether oxygens (including phenoxy) is 2. The third-order valence-corrected chi connectivity index (χ3v) is 7.26. The molecular formula is C29H33N5O2S. The summed E-state index contributed by atoms with van der Waals surface area (Å²) in [6.07, 6.45) is 2.42. The van der Waals surface area contributed by atoms with Gasteiger partial charge < -0.3 is 25.1 Å². The first kappa shape index (κ1) is 25.2. The van der Waals surface area contributed by atoms with E-state index in [0.717, 1.165) is 68.9 Å². The van der Waals surface area contributed by atoms with Gasteiger partial charge in [0.15, 0.2) is 22.5 Å². The van der Waals surface area contributed by atoms with Crippen LogP contribution in [0.15, 0.2) is 71.4 Å². The number of fused-ring (bicyclic) bond motifs is 2. The summed E-state index contributed by atoms with van der Waals surface area (Å²) in [6.45, 7) is 13.8. The lowest BCUT2D eigenvalue weighted by Gasteiger charge is -2.19. The normalized spacial score (nSPS) is 12.8. The molecule has 0 fully saturated rings. The summed E-state index contributed by atoms with van der Waals surface area (Å²) in [6, 6.07) is 16.3. The van der Waals surface area contributed by atoms with Crippen LogP contribution in [0.3, 0.4) is 0 Å². The number of benzene rings is 2. The van der Waals surface area contributed by atoms with E-state index in [0.29, 0.717) is 12.2 Å². The van der Waals surface area contributed by atoms with E-state index in [9.17, 15) is 0 Å². The van der Waals surface area contributed by atoms with E-state index < -0.39 is 0 Å². The molecule has 37 heavy (non-hydrogen) atoms. The van der Waals surface area contributed by atoms with Gasteiger partial charge in [-0.15, -0.1) is 0 Å². The predicted molar refractivity (Wildman–Crippen MR) is 150 cm³/mol. The lowest BCUT2D eigenvalue weighted by atomic mass is 9.97. The SMILES string of the molecule is C=C(Cc1cc2c(cc1Sc1nc3c(N)nccc3n1CCNCC(C)(C)C)OCO2)c1ccccc1. The minimum Gasteiger partial charge on any atom is -0.454 e. The van der Waals surface area contributed by atoms with Crippen LogP contribution in [0.2, 0.25) is 0 Å². The average molecular weight is 516 g/mol. The van der Waals surface area contributed by atoms with E-state index in [1.54, 1.807) is 18.0 Å². The summed E-state index contributed by atoms with van der Waals surface area (Å²) in [7, 11) is 0. The number of rotatable bonds is 9. The van der Waals surface area contributed by atoms with Crippen molar-refractivity contribution in [3.8, 4) is 11.5 Å². The second-order valence-electron chi connectivity index (χ2n) is 10.4. The smallest absolute Gasteiger partial charge is 0.231 e. The molecule has 7 nitrogen and oxygen atoms in total. The summed E-state index contributed by atoms with van der Waals surface area (Å²) in [5.74, 6) is 1.94. The van der Waals surface area contributed by atoms with Gasteiger partial charge in [-0.25, -0.2) is 9.97 Å². The maximum atomic E-state index is 6.22. The molecule has 3 heterocycles. The van der Waals surface area contributed by atoms with Gasteiger partial charge in [0.05, 0.1) is 5.52 Å². The average Bonchev–Trinajstić information content (AvgIpc) is 3.46. The number of imidazole rings is 1. The Labute approximate surface area is 222 Å². The highest BCUT2D eigenvalue weighted by molar-refractivity contribution is 7.99. The summed E-state index contributed by atoms with van der Waals surface area (Å²) in [5.41, 5.74) is 11.4. The molecule has 0 saturated heterocycles. The van der Waals surface area contributed by atoms with Crippen LogP contribution in [-0.4, -0.2) is 34.4 Å². The number of nitrogens with two attached hydrogens (primary N) is 1. The van der Waals surface area contributed by atoms with Crippen LogP contribution < -0.4 is 20.5 Å².